The number of hydrogen-bond acceptors (Lipinski definition) is 5. The van der Waals surface area contributed by atoms with Gasteiger partial charge in [-0.05, 0) is 44.6 Å². The second-order valence-electron chi connectivity index (χ2n) is 7.01. The van der Waals surface area contributed by atoms with E-state index in [-0.39, 0.29) is 31.4 Å². The maximum atomic E-state index is 12.9. The molecule has 0 aliphatic carbocycles. The van der Waals surface area contributed by atoms with Gasteiger partial charge >= 0.3 is 11.9 Å². The number of carboxylic acid groups (broad SMARTS) is 1. The zero-order valence-electron chi connectivity index (χ0n) is 16.4. The van der Waals surface area contributed by atoms with Crippen LogP contribution in [0.25, 0.3) is 0 Å². The monoisotopic (exact) mass is 390 g/mol. The third-order valence-electron chi connectivity index (χ3n) is 4.91. The molecule has 0 spiro atoms. The van der Waals surface area contributed by atoms with E-state index in [9.17, 15) is 14.4 Å². The summed E-state index contributed by atoms with van der Waals surface area (Å²) in [4.78, 5) is 37.8. The molecule has 28 heavy (non-hydrogen) atoms. The van der Waals surface area contributed by atoms with Gasteiger partial charge in [-0.25, -0.2) is 0 Å². The first-order chi connectivity index (χ1) is 13.5. The van der Waals surface area contributed by atoms with E-state index in [1.165, 1.54) is 0 Å². The minimum Gasteiger partial charge on any atom is -0.481 e. The summed E-state index contributed by atoms with van der Waals surface area (Å²) in [7, 11) is 0. The van der Waals surface area contributed by atoms with Gasteiger partial charge in [0, 0.05) is 13.1 Å². The van der Waals surface area contributed by atoms with Gasteiger partial charge < -0.3 is 14.7 Å². The van der Waals surface area contributed by atoms with Crippen LogP contribution in [-0.4, -0.2) is 59.6 Å². The molecule has 0 bridgehead atoms. The average molecular weight is 390 g/mol. The number of carbonyl (C=O) groups is 3. The first kappa shape index (κ1) is 21.9. The third kappa shape index (κ3) is 6.96. The van der Waals surface area contributed by atoms with Gasteiger partial charge in [0.15, 0.2) is 0 Å². The number of rotatable bonds is 10. The zero-order valence-corrected chi connectivity index (χ0v) is 16.4. The highest BCUT2D eigenvalue weighted by Crippen LogP contribution is 2.15. The topological polar surface area (TPSA) is 95.9 Å². The van der Waals surface area contributed by atoms with Crippen LogP contribution in [0.3, 0.4) is 0 Å². The molecule has 1 aliphatic heterocycles. The summed E-state index contributed by atoms with van der Waals surface area (Å²) in [6, 6.07) is 8.80. The van der Waals surface area contributed by atoms with Crippen molar-refractivity contribution in [2.45, 2.75) is 57.5 Å². The fourth-order valence-electron chi connectivity index (χ4n) is 3.42. The average Bonchev–Trinajstić information content (AvgIpc) is 2.85. The molecule has 1 aliphatic rings. The lowest BCUT2D eigenvalue weighted by atomic mass is 10.0. The van der Waals surface area contributed by atoms with E-state index in [1.54, 1.807) is 11.8 Å². The van der Waals surface area contributed by atoms with Gasteiger partial charge in [0.25, 0.3) is 0 Å². The van der Waals surface area contributed by atoms with E-state index < -0.39 is 18.1 Å². The molecule has 1 aromatic rings. The number of nitrogens with zero attached hydrogens (tertiary/aromatic N) is 1. The Morgan fingerprint density at radius 3 is 2.71 bits per heavy atom. The van der Waals surface area contributed by atoms with Crippen molar-refractivity contribution in [3.8, 4) is 0 Å². The highest BCUT2D eigenvalue weighted by atomic mass is 16.5. The van der Waals surface area contributed by atoms with Crippen LogP contribution in [-0.2, 0) is 25.5 Å². The van der Waals surface area contributed by atoms with E-state index >= 15 is 0 Å². The lowest BCUT2D eigenvalue weighted by Gasteiger charge is -2.27. The van der Waals surface area contributed by atoms with Crippen molar-refractivity contribution in [2.75, 3.05) is 19.7 Å². The summed E-state index contributed by atoms with van der Waals surface area (Å²) in [6.07, 6.45) is 3.46. The highest BCUT2D eigenvalue weighted by molar-refractivity contribution is 5.84. The quantitative estimate of drug-likeness (QED) is 0.593. The van der Waals surface area contributed by atoms with Gasteiger partial charge in [-0.3, -0.25) is 19.7 Å². The number of likely N-dealkylation sites (tertiary alicyclic amines) is 1. The molecule has 7 heteroatoms. The van der Waals surface area contributed by atoms with Crippen molar-refractivity contribution >= 4 is 17.8 Å². The number of aliphatic carboxylic acids is 1. The molecule has 7 nitrogen and oxygen atoms in total. The number of hydrogen-bond donors (Lipinski definition) is 2. The standard InChI is InChI=1S/C21H30N2O5/c1-2-28-21(27)18(12-11-16-8-4-3-5-9-16)22-17-10-6-7-14-23(20(17)26)15-13-19(24)25/h3-5,8-9,17-18,22H,2,6-7,10-15H2,1H3,(H,24,25)/t17-,18-/m0/s1. The fraction of sp³-hybridized carbons (Fsp3) is 0.571. The Hall–Kier alpha value is -2.41. The normalized spacial score (nSPS) is 18.4. The van der Waals surface area contributed by atoms with E-state index in [0.29, 0.717) is 25.8 Å². The second-order valence-corrected chi connectivity index (χ2v) is 7.01. The van der Waals surface area contributed by atoms with Gasteiger partial charge in [0.2, 0.25) is 5.91 Å². The number of aryl methyl sites for hydroxylation is 1. The maximum Gasteiger partial charge on any atom is 0.323 e. The van der Waals surface area contributed by atoms with Crippen molar-refractivity contribution in [1.29, 1.82) is 0 Å². The van der Waals surface area contributed by atoms with Crippen LogP contribution in [0.1, 0.15) is 44.6 Å². The summed E-state index contributed by atoms with van der Waals surface area (Å²) in [6.45, 7) is 2.79. The number of ether oxygens (including phenoxy) is 1. The molecule has 0 aromatic heterocycles. The van der Waals surface area contributed by atoms with Gasteiger partial charge in [-0.1, -0.05) is 30.3 Å². The SMILES string of the molecule is CCOC(=O)[C@H](CCc1ccccc1)N[C@H]1CCCCN(CCC(=O)O)C1=O. The predicted octanol–water partition coefficient (Wildman–Crippen LogP) is 2.00. The maximum absolute atomic E-state index is 12.9. The van der Waals surface area contributed by atoms with Crippen LogP contribution in [0.15, 0.2) is 30.3 Å². The van der Waals surface area contributed by atoms with Crippen molar-refractivity contribution in [1.82, 2.24) is 10.2 Å². The molecule has 1 saturated heterocycles. The smallest absolute Gasteiger partial charge is 0.323 e. The van der Waals surface area contributed by atoms with Gasteiger partial charge in [0.05, 0.1) is 19.1 Å². The van der Waals surface area contributed by atoms with E-state index in [0.717, 1.165) is 18.4 Å². The number of esters is 1. The Kier molecular flexibility index (Phi) is 8.94. The first-order valence-corrected chi connectivity index (χ1v) is 9.98. The van der Waals surface area contributed by atoms with Crippen LogP contribution in [0.5, 0.6) is 0 Å². The van der Waals surface area contributed by atoms with Gasteiger partial charge in [-0.2, -0.15) is 0 Å². The molecule has 1 heterocycles. The molecule has 154 valence electrons. The number of amides is 1. The molecule has 2 N–H and O–H groups in total. The molecule has 2 atom stereocenters. The molecular formula is C21H30N2O5. The molecule has 1 fully saturated rings. The first-order valence-electron chi connectivity index (χ1n) is 9.98. The summed E-state index contributed by atoms with van der Waals surface area (Å²) >= 11 is 0. The van der Waals surface area contributed by atoms with Crippen LogP contribution in [0, 0.1) is 0 Å². The van der Waals surface area contributed by atoms with E-state index in [1.807, 2.05) is 30.3 Å². The lowest BCUT2D eigenvalue weighted by molar-refractivity contribution is -0.146. The van der Waals surface area contributed by atoms with Crippen LogP contribution < -0.4 is 5.32 Å². The summed E-state index contributed by atoms with van der Waals surface area (Å²) in [5.74, 6) is -1.41. The number of carboxylic acids is 1. The van der Waals surface area contributed by atoms with Crippen molar-refractivity contribution in [3.05, 3.63) is 35.9 Å². The highest BCUT2D eigenvalue weighted by Gasteiger charge is 2.31. The van der Waals surface area contributed by atoms with Crippen molar-refractivity contribution < 1.29 is 24.2 Å². The van der Waals surface area contributed by atoms with E-state index in [4.69, 9.17) is 9.84 Å². The molecule has 1 aromatic carbocycles. The van der Waals surface area contributed by atoms with Gasteiger partial charge in [0.1, 0.15) is 6.04 Å². The Morgan fingerprint density at radius 2 is 2.04 bits per heavy atom. The number of carbonyl (C=O) groups excluding carboxylic acids is 2. The predicted molar refractivity (Wildman–Crippen MR) is 105 cm³/mol. The summed E-state index contributed by atoms with van der Waals surface area (Å²) in [5, 5.41) is 12.1. The molecule has 1 amide bonds. The third-order valence-corrected chi connectivity index (χ3v) is 4.91. The molecule has 0 saturated carbocycles. The molecular weight excluding hydrogens is 360 g/mol. The van der Waals surface area contributed by atoms with Crippen molar-refractivity contribution in [3.63, 3.8) is 0 Å². The van der Waals surface area contributed by atoms with E-state index in [2.05, 4.69) is 5.32 Å². The molecule has 0 radical (unpaired) electrons. The summed E-state index contributed by atoms with van der Waals surface area (Å²) < 4.78 is 5.20. The largest absolute Gasteiger partial charge is 0.481 e. The molecule has 0 unspecified atom stereocenters. The van der Waals surface area contributed by atoms with Gasteiger partial charge in [-0.15, -0.1) is 0 Å². The second kappa shape index (κ2) is 11.4. The Morgan fingerprint density at radius 1 is 1.29 bits per heavy atom. The minimum atomic E-state index is -0.922. The van der Waals surface area contributed by atoms with Crippen LogP contribution in [0.4, 0.5) is 0 Å². The van der Waals surface area contributed by atoms with Crippen molar-refractivity contribution in [2.24, 2.45) is 0 Å². The Balaban J connectivity index is 2.03. The van der Waals surface area contributed by atoms with Crippen LogP contribution in [0.2, 0.25) is 0 Å². The Bertz CT molecular complexity index is 649. The Labute approximate surface area is 166 Å². The zero-order chi connectivity index (χ0) is 20.4. The number of benzene rings is 1. The fourth-order valence-corrected chi connectivity index (χ4v) is 3.42. The molecule has 2 rings (SSSR count). The number of nitrogens with one attached hydrogen (secondary N) is 1. The minimum absolute atomic E-state index is 0.0756. The van der Waals surface area contributed by atoms with Crippen LogP contribution >= 0.6 is 0 Å². The summed E-state index contributed by atoms with van der Waals surface area (Å²) in [5.41, 5.74) is 1.12. The lowest BCUT2D eigenvalue weighted by Crippen LogP contribution is -2.52.